The normalized spacial score (nSPS) is 20.2. The van der Waals surface area contributed by atoms with Crippen molar-refractivity contribution in [3.8, 4) is 0 Å². The molecular formula is C21H31ClN4. The molecule has 2 aliphatic rings. The van der Waals surface area contributed by atoms with E-state index in [1.165, 1.54) is 11.3 Å². The molecule has 2 heterocycles. The van der Waals surface area contributed by atoms with Crippen LogP contribution in [0.1, 0.15) is 46.1 Å². The fourth-order valence-electron chi connectivity index (χ4n) is 3.44. The lowest BCUT2D eigenvalue weighted by Crippen LogP contribution is -2.46. The number of amidine groups is 1. The largest absolute Gasteiger partial charge is 0.354 e. The third-order valence-electron chi connectivity index (χ3n) is 5.08. The van der Waals surface area contributed by atoms with Crippen LogP contribution in [0.2, 0.25) is 5.02 Å². The monoisotopic (exact) mass is 374 g/mol. The quantitative estimate of drug-likeness (QED) is 0.740. The highest BCUT2D eigenvalue weighted by atomic mass is 35.5. The average Bonchev–Trinajstić information content (AvgIpc) is 2.91. The lowest BCUT2D eigenvalue weighted by molar-refractivity contribution is 0.201. The fraction of sp³-hybridized carbons (Fsp3) is 0.571. The minimum atomic E-state index is 0.254. The number of aliphatic imine (C=N–C) groups is 1. The van der Waals surface area contributed by atoms with Crippen molar-refractivity contribution in [1.82, 2.24) is 14.7 Å². The maximum atomic E-state index is 6.03. The van der Waals surface area contributed by atoms with Crippen LogP contribution in [0.3, 0.4) is 0 Å². The van der Waals surface area contributed by atoms with Gasteiger partial charge in [0.15, 0.2) is 5.84 Å². The van der Waals surface area contributed by atoms with Crippen molar-refractivity contribution in [2.45, 2.75) is 53.2 Å². The van der Waals surface area contributed by atoms with Crippen molar-refractivity contribution in [1.29, 1.82) is 0 Å². The minimum absolute atomic E-state index is 0.254. The van der Waals surface area contributed by atoms with Gasteiger partial charge in [-0.25, -0.2) is 4.99 Å². The molecule has 4 nitrogen and oxygen atoms in total. The maximum Gasteiger partial charge on any atom is 0.152 e. The van der Waals surface area contributed by atoms with Crippen LogP contribution in [0, 0.1) is 5.41 Å². The molecule has 0 aliphatic carbocycles. The molecule has 1 unspecified atom stereocenters. The number of rotatable bonds is 5. The molecule has 0 saturated carbocycles. The Labute approximate surface area is 163 Å². The van der Waals surface area contributed by atoms with Crippen molar-refractivity contribution >= 4 is 17.4 Å². The molecule has 0 amide bonds. The Balaban J connectivity index is 1.81. The Morgan fingerprint density at radius 1 is 1.19 bits per heavy atom. The molecule has 2 aliphatic heterocycles. The number of hydrogen-bond donors (Lipinski definition) is 0. The number of nitrogens with zero attached hydrogens (tertiary/aromatic N) is 4. The van der Waals surface area contributed by atoms with Gasteiger partial charge in [0, 0.05) is 31.4 Å². The standard InChI is InChI=1S/C21H31ClN4/c1-6-19-23-20-18(24(19)5)14-25(13-16-7-9-17(22)10-8-16)15-26(20)12-11-21(2,3)4/h7-10,14,19H,6,11-13,15H2,1-5H3. The van der Waals surface area contributed by atoms with Crippen LogP contribution >= 0.6 is 11.6 Å². The molecule has 0 fully saturated rings. The first-order valence-corrected chi connectivity index (χ1v) is 9.91. The summed E-state index contributed by atoms with van der Waals surface area (Å²) in [5.74, 6) is 1.16. The van der Waals surface area contributed by atoms with E-state index in [-0.39, 0.29) is 6.17 Å². The van der Waals surface area contributed by atoms with E-state index in [2.05, 4.69) is 67.8 Å². The Kier molecular flexibility index (Phi) is 5.52. The summed E-state index contributed by atoms with van der Waals surface area (Å²) in [6.45, 7) is 11.9. The van der Waals surface area contributed by atoms with Crippen LogP contribution in [0.5, 0.6) is 0 Å². The predicted molar refractivity (Wildman–Crippen MR) is 110 cm³/mol. The van der Waals surface area contributed by atoms with E-state index in [1.807, 2.05) is 12.1 Å². The van der Waals surface area contributed by atoms with E-state index >= 15 is 0 Å². The molecule has 0 aromatic heterocycles. The summed E-state index contributed by atoms with van der Waals surface area (Å²) in [6.07, 6.45) is 4.70. The molecule has 1 atom stereocenters. The molecule has 1 aromatic carbocycles. The van der Waals surface area contributed by atoms with Gasteiger partial charge in [0.1, 0.15) is 6.17 Å². The van der Waals surface area contributed by atoms with E-state index in [0.29, 0.717) is 5.41 Å². The first-order chi connectivity index (χ1) is 12.3. The van der Waals surface area contributed by atoms with Crippen molar-refractivity contribution < 1.29 is 0 Å². The maximum absolute atomic E-state index is 6.03. The number of likely N-dealkylation sites (N-methyl/N-ethyl adjacent to an activating group) is 1. The van der Waals surface area contributed by atoms with Gasteiger partial charge in [-0.3, -0.25) is 0 Å². The third-order valence-corrected chi connectivity index (χ3v) is 5.33. The molecule has 0 radical (unpaired) electrons. The van der Waals surface area contributed by atoms with Crippen LogP contribution in [0.15, 0.2) is 41.2 Å². The van der Waals surface area contributed by atoms with E-state index in [1.54, 1.807) is 0 Å². The van der Waals surface area contributed by atoms with E-state index in [9.17, 15) is 0 Å². The van der Waals surface area contributed by atoms with Gasteiger partial charge in [0.25, 0.3) is 0 Å². The van der Waals surface area contributed by atoms with Gasteiger partial charge in [-0.05, 0) is 36.0 Å². The SMILES string of the molecule is CCC1N=C2C(=CN(Cc3ccc(Cl)cc3)CN2CCC(C)(C)C)N1C. The first-order valence-electron chi connectivity index (χ1n) is 9.53. The molecule has 0 N–H and O–H groups in total. The second-order valence-electron chi connectivity index (χ2n) is 8.56. The van der Waals surface area contributed by atoms with Crippen LogP contribution in [0.4, 0.5) is 0 Å². The summed E-state index contributed by atoms with van der Waals surface area (Å²) in [7, 11) is 2.16. The molecule has 0 bridgehead atoms. The number of halogens is 1. The van der Waals surface area contributed by atoms with Crippen LogP contribution in [0.25, 0.3) is 0 Å². The lowest BCUT2D eigenvalue weighted by Gasteiger charge is -2.38. The van der Waals surface area contributed by atoms with Gasteiger partial charge in [-0.15, -0.1) is 0 Å². The van der Waals surface area contributed by atoms with Gasteiger partial charge < -0.3 is 14.7 Å². The molecular weight excluding hydrogens is 344 g/mol. The average molecular weight is 375 g/mol. The van der Waals surface area contributed by atoms with Gasteiger partial charge >= 0.3 is 0 Å². The highest BCUT2D eigenvalue weighted by Crippen LogP contribution is 2.29. The third kappa shape index (κ3) is 4.35. The Morgan fingerprint density at radius 3 is 2.50 bits per heavy atom. The number of benzene rings is 1. The van der Waals surface area contributed by atoms with Crippen LogP contribution in [-0.2, 0) is 6.54 Å². The Hall–Kier alpha value is -1.68. The predicted octanol–water partition coefficient (Wildman–Crippen LogP) is 4.77. The summed E-state index contributed by atoms with van der Waals surface area (Å²) in [4.78, 5) is 12.1. The number of hydrogen-bond acceptors (Lipinski definition) is 4. The molecule has 1 aromatic rings. The smallest absolute Gasteiger partial charge is 0.152 e. The fourth-order valence-corrected chi connectivity index (χ4v) is 3.56. The van der Waals surface area contributed by atoms with Crippen LogP contribution < -0.4 is 0 Å². The first kappa shape index (κ1) is 19.1. The molecule has 0 saturated heterocycles. The zero-order chi connectivity index (χ0) is 18.9. The summed E-state index contributed by atoms with van der Waals surface area (Å²) < 4.78 is 0. The zero-order valence-corrected chi connectivity index (χ0v) is 17.4. The second-order valence-corrected chi connectivity index (χ2v) is 8.99. The molecule has 142 valence electrons. The minimum Gasteiger partial charge on any atom is -0.354 e. The second kappa shape index (κ2) is 7.51. The summed E-state index contributed by atoms with van der Waals surface area (Å²) in [6, 6.07) is 8.15. The van der Waals surface area contributed by atoms with Crippen LogP contribution in [-0.4, -0.2) is 47.0 Å². The highest BCUT2D eigenvalue weighted by Gasteiger charge is 2.34. The van der Waals surface area contributed by atoms with Crippen molar-refractivity contribution in [3.05, 3.63) is 46.7 Å². The Morgan fingerprint density at radius 2 is 1.88 bits per heavy atom. The van der Waals surface area contributed by atoms with Crippen molar-refractivity contribution in [3.63, 3.8) is 0 Å². The van der Waals surface area contributed by atoms with Crippen molar-refractivity contribution in [2.75, 3.05) is 20.3 Å². The van der Waals surface area contributed by atoms with Gasteiger partial charge in [-0.2, -0.15) is 0 Å². The highest BCUT2D eigenvalue weighted by molar-refractivity contribution is 6.30. The van der Waals surface area contributed by atoms with Gasteiger partial charge in [-0.1, -0.05) is 51.4 Å². The number of fused-ring (bicyclic) bond motifs is 1. The summed E-state index contributed by atoms with van der Waals surface area (Å²) in [5.41, 5.74) is 2.83. The van der Waals surface area contributed by atoms with Gasteiger partial charge in [0.2, 0.25) is 0 Å². The lowest BCUT2D eigenvalue weighted by atomic mass is 9.92. The van der Waals surface area contributed by atoms with E-state index < -0.39 is 0 Å². The van der Waals surface area contributed by atoms with E-state index in [0.717, 1.165) is 43.5 Å². The zero-order valence-electron chi connectivity index (χ0n) is 16.7. The topological polar surface area (TPSA) is 22.1 Å². The summed E-state index contributed by atoms with van der Waals surface area (Å²) in [5, 5.41) is 0.785. The van der Waals surface area contributed by atoms with E-state index in [4.69, 9.17) is 16.6 Å². The molecule has 3 rings (SSSR count). The molecule has 26 heavy (non-hydrogen) atoms. The Bertz CT molecular complexity index is 687. The van der Waals surface area contributed by atoms with Crippen molar-refractivity contribution in [2.24, 2.45) is 10.4 Å². The molecule has 0 spiro atoms. The summed E-state index contributed by atoms with van der Waals surface area (Å²) >= 11 is 6.03. The molecule has 5 heteroatoms. The van der Waals surface area contributed by atoms with Gasteiger partial charge in [0.05, 0.1) is 12.4 Å².